The van der Waals surface area contributed by atoms with E-state index in [9.17, 15) is 14.4 Å². The minimum Gasteiger partial charge on any atom is -0.494 e. The molecular formula is C31H42BrN3O5. The van der Waals surface area contributed by atoms with Crippen molar-refractivity contribution in [3.8, 4) is 11.5 Å². The van der Waals surface area contributed by atoms with Crippen molar-refractivity contribution >= 4 is 39.9 Å². The Morgan fingerprint density at radius 1 is 0.850 bits per heavy atom. The van der Waals surface area contributed by atoms with E-state index in [0.717, 1.165) is 30.2 Å². The molecule has 0 aliphatic heterocycles. The Morgan fingerprint density at radius 2 is 1.52 bits per heavy atom. The maximum Gasteiger partial charge on any atom is 0.343 e. The predicted molar refractivity (Wildman–Crippen MR) is 162 cm³/mol. The Hall–Kier alpha value is -3.20. The van der Waals surface area contributed by atoms with Crippen molar-refractivity contribution in [2.24, 2.45) is 5.10 Å². The highest BCUT2D eigenvalue weighted by Crippen LogP contribution is 2.23. The summed E-state index contributed by atoms with van der Waals surface area (Å²) >= 11 is 3.39. The minimum absolute atomic E-state index is 0.145. The van der Waals surface area contributed by atoms with Crippen LogP contribution in [0, 0.1) is 0 Å². The zero-order chi connectivity index (χ0) is 29.0. The molecule has 0 aliphatic carbocycles. The third-order valence-electron chi connectivity index (χ3n) is 6.08. The number of unbranched alkanes of at least 4 members (excludes halogenated alkanes) is 8. The molecule has 0 fully saturated rings. The highest BCUT2D eigenvalue weighted by molar-refractivity contribution is 9.10. The average molecular weight is 617 g/mol. The van der Waals surface area contributed by atoms with Crippen molar-refractivity contribution in [2.75, 3.05) is 13.2 Å². The molecule has 2 amide bonds. The fraction of sp³-hybridized carbons (Fsp3) is 0.484. The van der Waals surface area contributed by atoms with Crippen LogP contribution in [-0.4, -0.2) is 37.1 Å². The van der Waals surface area contributed by atoms with Gasteiger partial charge in [-0.3, -0.25) is 9.59 Å². The van der Waals surface area contributed by atoms with Crippen LogP contribution in [0.25, 0.3) is 0 Å². The lowest BCUT2D eigenvalue weighted by atomic mass is 10.1. The first-order valence-electron chi connectivity index (χ1n) is 14.3. The molecule has 0 spiro atoms. The van der Waals surface area contributed by atoms with Crippen LogP contribution < -0.4 is 20.2 Å². The number of esters is 1. The van der Waals surface area contributed by atoms with Crippen molar-refractivity contribution in [1.29, 1.82) is 0 Å². The molecule has 0 unspecified atom stereocenters. The minimum atomic E-state index is -0.530. The lowest BCUT2D eigenvalue weighted by Crippen LogP contribution is -2.34. The molecule has 2 aromatic carbocycles. The van der Waals surface area contributed by atoms with E-state index in [1.807, 2.05) is 6.92 Å². The van der Waals surface area contributed by atoms with Crippen molar-refractivity contribution < 1.29 is 23.9 Å². The number of nitrogens with one attached hydrogen (secondary N) is 2. The standard InChI is InChI=1S/C31H42BrN3O5/c1-3-5-6-7-8-9-10-11-12-13-29(36)33-23-30(37)35-34-22-25-21-26(32)16-19-28(25)40-31(38)24-14-17-27(18-15-24)39-20-4-2/h14-19,21-22H,3-13,20,23H2,1-2H3,(H,33,36)(H,35,37)/b34-22+. The summed E-state index contributed by atoms with van der Waals surface area (Å²) in [6.45, 7) is 4.68. The van der Waals surface area contributed by atoms with Crippen LogP contribution >= 0.6 is 15.9 Å². The molecular weight excluding hydrogens is 574 g/mol. The van der Waals surface area contributed by atoms with Gasteiger partial charge in [0.1, 0.15) is 11.5 Å². The molecule has 40 heavy (non-hydrogen) atoms. The number of ether oxygens (including phenoxy) is 2. The fourth-order valence-electron chi connectivity index (χ4n) is 3.86. The average Bonchev–Trinajstić information content (AvgIpc) is 2.95. The van der Waals surface area contributed by atoms with Gasteiger partial charge in [-0.15, -0.1) is 0 Å². The third kappa shape index (κ3) is 13.7. The van der Waals surface area contributed by atoms with Crippen molar-refractivity contribution in [1.82, 2.24) is 10.7 Å². The smallest absolute Gasteiger partial charge is 0.343 e. The summed E-state index contributed by atoms with van der Waals surface area (Å²) in [7, 11) is 0. The lowest BCUT2D eigenvalue weighted by Gasteiger charge is -2.09. The van der Waals surface area contributed by atoms with E-state index >= 15 is 0 Å². The van der Waals surface area contributed by atoms with Crippen LogP contribution in [-0.2, 0) is 9.59 Å². The lowest BCUT2D eigenvalue weighted by molar-refractivity contribution is -0.126. The molecule has 2 rings (SSSR count). The number of carbonyl (C=O) groups is 3. The Balaban J connectivity index is 1.74. The van der Waals surface area contributed by atoms with Crippen LogP contribution in [0.2, 0.25) is 0 Å². The van der Waals surface area contributed by atoms with Gasteiger partial charge < -0.3 is 14.8 Å². The van der Waals surface area contributed by atoms with Gasteiger partial charge in [-0.2, -0.15) is 5.10 Å². The molecule has 218 valence electrons. The third-order valence-corrected chi connectivity index (χ3v) is 6.58. The summed E-state index contributed by atoms with van der Waals surface area (Å²) < 4.78 is 11.9. The molecule has 0 radical (unpaired) electrons. The number of hydrogen-bond donors (Lipinski definition) is 2. The van der Waals surface area contributed by atoms with E-state index in [1.165, 1.54) is 44.7 Å². The van der Waals surface area contributed by atoms with Crippen LogP contribution in [0.4, 0.5) is 0 Å². The Kier molecular flexibility index (Phi) is 16.3. The largest absolute Gasteiger partial charge is 0.494 e. The zero-order valence-electron chi connectivity index (χ0n) is 23.7. The molecule has 9 heteroatoms. The second-order valence-corrected chi connectivity index (χ2v) is 10.5. The summed E-state index contributed by atoms with van der Waals surface area (Å²) in [5, 5.41) is 6.58. The number of hydrazone groups is 1. The van der Waals surface area contributed by atoms with Crippen LogP contribution in [0.3, 0.4) is 0 Å². The predicted octanol–water partition coefficient (Wildman–Crippen LogP) is 6.94. The molecule has 0 saturated heterocycles. The fourth-order valence-corrected chi connectivity index (χ4v) is 4.23. The normalized spacial score (nSPS) is 10.9. The van der Waals surface area contributed by atoms with E-state index in [-0.39, 0.29) is 18.2 Å². The molecule has 0 aliphatic rings. The van der Waals surface area contributed by atoms with Gasteiger partial charge in [0.05, 0.1) is 24.9 Å². The maximum atomic E-state index is 12.7. The first kappa shape index (κ1) is 33.0. The van der Waals surface area contributed by atoms with E-state index in [0.29, 0.717) is 29.9 Å². The van der Waals surface area contributed by atoms with Crippen molar-refractivity contribution in [3.63, 3.8) is 0 Å². The highest BCUT2D eigenvalue weighted by Gasteiger charge is 2.12. The summed E-state index contributed by atoms with van der Waals surface area (Å²) in [6.07, 6.45) is 13.3. The highest BCUT2D eigenvalue weighted by atomic mass is 79.9. The van der Waals surface area contributed by atoms with Crippen molar-refractivity contribution in [2.45, 2.75) is 84.5 Å². The topological polar surface area (TPSA) is 106 Å². The first-order chi connectivity index (χ1) is 19.4. The monoisotopic (exact) mass is 615 g/mol. The molecule has 2 N–H and O–H groups in total. The van der Waals surface area contributed by atoms with Gasteiger partial charge in [0.15, 0.2) is 0 Å². The van der Waals surface area contributed by atoms with Crippen LogP contribution in [0.15, 0.2) is 52.0 Å². The number of nitrogens with zero attached hydrogens (tertiary/aromatic N) is 1. The number of benzene rings is 2. The zero-order valence-corrected chi connectivity index (χ0v) is 25.3. The quantitative estimate of drug-likeness (QED) is 0.0585. The van der Waals surface area contributed by atoms with Gasteiger partial charge in [-0.05, 0) is 55.3 Å². The number of halogens is 1. The van der Waals surface area contributed by atoms with E-state index in [1.54, 1.807) is 42.5 Å². The summed E-state index contributed by atoms with van der Waals surface area (Å²) in [4.78, 5) is 36.8. The molecule has 2 aromatic rings. The molecule has 0 aromatic heterocycles. The summed E-state index contributed by atoms with van der Waals surface area (Å²) in [5.41, 5.74) is 3.25. The molecule has 0 bridgehead atoms. The molecule has 0 atom stereocenters. The van der Waals surface area contributed by atoms with Crippen LogP contribution in [0.1, 0.15) is 100 Å². The summed E-state index contributed by atoms with van der Waals surface area (Å²) in [6, 6.07) is 11.8. The molecule has 0 saturated carbocycles. The van der Waals surface area contributed by atoms with Gasteiger partial charge in [0.25, 0.3) is 5.91 Å². The van der Waals surface area contributed by atoms with E-state index in [2.05, 4.69) is 38.7 Å². The Bertz CT molecular complexity index is 1090. The second kappa shape index (κ2) is 19.8. The maximum absolute atomic E-state index is 12.7. The first-order valence-corrected chi connectivity index (χ1v) is 15.1. The van der Waals surface area contributed by atoms with Crippen LogP contribution in [0.5, 0.6) is 11.5 Å². The van der Waals surface area contributed by atoms with Crippen molar-refractivity contribution in [3.05, 3.63) is 58.1 Å². The number of hydrogen-bond acceptors (Lipinski definition) is 6. The van der Waals surface area contributed by atoms with E-state index < -0.39 is 11.9 Å². The molecule has 0 heterocycles. The summed E-state index contributed by atoms with van der Waals surface area (Å²) in [5.74, 6) is -0.154. The SMILES string of the molecule is CCCCCCCCCCCC(=O)NCC(=O)N/N=C/c1cc(Br)ccc1OC(=O)c1ccc(OCCC)cc1. The van der Waals surface area contributed by atoms with Gasteiger partial charge in [0, 0.05) is 16.5 Å². The van der Waals surface area contributed by atoms with Gasteiger partial charge in [-0.1, -0.05) is 81.1 Å². The number of carbonyl (C=O) groups excluding carboxylic acids is 3. The second-order valence-electron chi connectivity index (χ2n) is 9.59. The Labute approximate surface area is 246 Å². The van der Waals surface area contributed by atoms with Gasteiger partial charge in [0.2, 0.25) is 5.91 Å². The van der Waals surface area contributed by atoms with Gasteiger partial charge >= 0.3 is 5.97 Å². The number of amides is 2. The Morgan fingerprint density at radius 3 is 2.20 bits per heavy atom. The van der Waals surface area contributed by atoms with E-state index in [4.69, 9.17) is 9.47 Å². The number of rotatable bonds is 19. The molecule has 8 nitrogen and oxygen atoms in total. The van der Waals surface area contributed by atoms with Gasteiger partial charge in [-0.25, -0.2) is 10.2 Å².